The molecule has 26 heavy (non-hydrogen) atoms. The van der Waals surface area contributed by atoms with Crippen LogP contribution in [0.5, 0.6) is 0 Å². The summed E-state index contributed by atoms with van der Waals surface area (Å²) < 4.78 is 1.50. The van der Waals surface area contributed by atoms with E-state index in [0.717, 1.165) is 30.5 Å². The molecule has 1 amide bonds. The standard InChI is InChI=1S/C18H20N6OS/c1-12-7-8-14-16(9-12)26-18(20-14)21-17(25)15(24-11-19-22-23-24)10-13-5-3-2-4-6-13/h2-6,11-12,15H,7-10H2,1H3,(H,20,21,25). The lowest BCUT2D eigenvalue weighted by atomic mass is 9.93. The van der Waals surface area contributed by atoms with Crippen molar-refractivity contribution in [2.45, 2.75) is 38.6 Å². The maximum atomic E-state index is 12.9. The molecule has 7 nitrogen and oxygen atoms in total. The smallest absolute Gasteiger partial charge is 0.251 e. The Morgan fingerprint density at radius 2 is 2.23 bits per heavy atom. The number of nitrogens with one attached hydrogen (secondary N) is 1. The average Bonchev–Trinajstić information content (AvgIpc) is 3.29. The van der Waals surface area contributed by atoms with Crippen molar-refractivity contribution in [1.29, 1.82) is 0 Å². The van der Waals surface area contributed by atoms with Gasteiger partial charge in [-0.25, -0.2) is 9.67 Å². The highest BCUT2D eigenvalue weighted by molar-refractivity contribution is 7.15. The highest BCUT2D eigenvalue weighted by Crippen LogP contribution is 2.32. The highest BCUT2D eigenvalue weighted by atomic mass is 32.1. The molecule has 2 atom stereocenters. The maximum Gasteiger partial charge on any atom is 0.251 e. The van der Waals surface area contributed by atoms with E-state index in [1.165, 1.54) is 15.9 Å². The van der Waals surface area contributed by atoms with Crippen LogP contribution in [0.4, 0.5) is 5.13 Å². The van der Waals surface area contributed by atoms with Gasteiger partial charge in [0.15, 0.2) is 5.13 Å². The van der Waals surface area contributed by atoms with E-state index in [0.29, 0.717) is 17.5 Å². The number of thiazole rings is 1. The summed E-state index contributed by atoms with van der Waals surface area (Å²) >= 11 is 1.58. The fraction of sp³-hybridized carbons (Fsp3) is 0.389. The molecular weight excluding hydrogens is 348 g/mol. The first kappa shape index (κ1) is 16.8. The molecular formula is C18H20N6OS. The third-order valence-corrected chi connectivity index (χ3v) is 5.71. The molecule has 2 unspecified atom stereocenters. The van der Waals surface area contributed by atoms with E-state index >= 15 is 0 Å². The van der Waals surface area contributed by atoms with Gasteiger partial charge in [-0.05, 0) is 41.2 Å². The van der Waals surface area contributed by atoms with Gasteiger partial charge in [0, 0.05) is 11.3 Å². The number of fused-ring (bicyclic) bond motifs is 1. The molecule has 134 valence electrons. The normalized spacial score (nSPS) is 17.5. The molecule has 1 aromatic carbocycles. The van der Waals surface area contributed by atoms with E-state index in [-0.39, 0.29) is 5.91 Å². The zero-order valence-electron chi connectivity index (χ0n) is 14.5. The van der Waals surface area contributed by atoms with Crippen LogP contribution in [0.15, 0.2) is 36.7 Å². The molecule has 2 heterocycles. The predicted molar refractivity (Wildman–Crippen MR) is 98.9 cm³/mol. The summed E-state index contributed by atoms with van der Waals surface area (Å²) in [4.78, 5) is 18.8. The van der Waals surface area contributed by atoms with Crippen LogP contribution in [0.3, 0.4) is 0 Å². The second-order valence-corrected chi connectivity index (χ2v) is 7.81. The number of hydrogen-bond acceptors (Lipinski definition) is 6. The Balaban J connectivity index is 1.53. The van der Waals surface area contributed by atoms with Gasteiger partial charge in [-0.1, -0.05) is 37.3 Å². The van der Waals surface area contributed by atoms with Crippen LogP contribution in [0.1, 0.15) is 35.5 Å². The van der Waals surface area contributed by atoms with Crippen molar-refractivity contribution in [2.75, 3.05) is 5.32 Å². The van der Waals surface area contributed by atoms with Crippen LogP contribution in [-0.4, -0.2) is 31.1 Å². The lowest BCUT2D eigenvalue weighted by molar-refractivity contribution is -0.119. The summed E-state index contributed by atoms with van der Waals surface area (Å²) in [6, 6.07) is 9.34. The molecule has 0 fully saturated rings. The number of rotatable bonds is 5. The molecule has 2 aromatic heterocycles. The lowest BCUT2D eigenvalue weighted by Gasteiger charge is -2.15. The van der Waals surface area contributed by atoms with E-state index in [1.54, 1.807) is 11.3 Å². The monoisotopic (exact) mass is 368 g/mol. The minimum atomic E-state index is -0.521. The first-order valence-electron chi connectivity index (χ1n) is 8.75. The Morgan fingerprint density at radius 1 is 1.38 bits per heavy atom. The van der Waals surface area contributed by atoms with Crippen LogP contribution in [0.25, 0.3) is 0 Å². The summed E-state index contributed by atoms with van der Waals surface area (Å²) in [5, 5.41) is 14.9. The zero-order valence-corrected chi connectivity index (χ0v) is 15.3. The maximum absolute atomic E-state index is 12.9. The number of aromatic nitrogens is 5. The van der Waals surface area contributed by atoms with Gasteiger partial charge in [-0.2, -0.15) is 0 Å². The summed E-state index contributed by atoms with van der Waals surface area (Å²) in [6.45, 7) is 2.26. The minimum Gasteiger partial charge on any atom is -0.300 e. The van der Waals surface area contributed by atoms with Gasteiger partial charge >= 0.3 is 0 Å². The van der Waals surface area contributed by atoms with Gasteiger partial charge in [0.05, 0.1) is 5.69 Å². The molecule has 0 spiro atoms. The van der Waals surface area contributed by atoms with Crippen molar-refractivity contribution in [3.8, 4) is 0 Å². The molecule has 0 bridgehead atoms. The van der Waals surface area contributed by atoms with E-state index in [1.807, 2.05) is 30.3 Å². The fourth-order valence-corrected chi connectivity index (χ4v) is 4.41. The number of nitrogens with zero attached hydrogens (tertiary/aromatic N) is 5. The third-order valence-electron chi connectivity index (χ3n) is 4.67. The molecule has 0 saturated carbocycles. The second kappa shape index (κ2) is 7.33. The minimum absolute atomic E-state index is 0.153. The molecule has 3 aromatic rings. The number of anilines is 1. The largest absolute Gasteiger partial charge is 0.300 e. The molecule has 1 N–H and O–H groups in total. The zero-order chi connectivity index (χ0) is 17.9. The summed E-state index contributed by atoms with van der Waals surface area (Å²) in [5.41, 5.74) is 2.18. The molecule has 1 aliphatic carbocycles. The second-order valence-electron chi connectivity index (χ2n) is 6.72. The van der Waals surface area contributed by atoms with Crippen molar-refractivity contribution in [2.24, 2.45) is 5.92 Å². The number of amides is 1. The van der Waals surface area contributed by atoms with Gasteiger partial charge in [-0.15, -0.1) is 16.4 Å². The van der Waals surface area contributed by atoms with Crippen molar-refractivity contribution in [1.82, 2.24) is 25.2 Å². The van der Waals surface area contributed by atoms with Crippen LogP contribution < -0.4 is 5.32 Å². The SMILES string of the molecule is CC1CCc2nc(NC(=O)C(Cc3ccccc3)n3cnnn3)sc2C1. The molecule has 0 aliphatic heterocycles. The predicted octanol–water partition coefficient (Wildman–Crippen LogP) is 2.68. The van der Waals surface area contributed by atoms with Gasteiger partial charge in [0.2, 0.25) is 0 Å². The number of tetrazole rings is 1. The molecule has 1 aliphatic rings. The summed E-state index contributed by atoms with van der Waals surface area (Å²) in [6.07, 6.45) is 5.18. The topological polar surface area (TPSA) is 85.6 Å². The van der Waals surface area contributed by atoms with Crippen LogP contribution in [0, 0.1) is 5.92 Å². The lowest BCUT2D eigenvalue weighted by Crippen LogP contribution is -2.28. The molecule has 0 saturated heterocycles. The average molecular weight is 368 g/mol. The van der Waals surface area contributed by atoms with E-state index in [4.69, 9.17) is 0 Å². The van der Waals surface area contributed by atoms with Gasteiger partial charge in [-0.3, -0.25) is 4.79 Å². The Morgan fingerprint density at radius 3 is 3.00 bits per heavy atom. The Labute approximate surface area is 155 Å². The van der Waals surface area contributed by atoms with Gasteiger partial charge in [0.25, 0.3) is 5.91 Å². The number of carbonyl (C=O) groups is 1. The molecule has 4 rings (SSSR count). The quantitative estimate of drug-likeness (QED) is 0.748. The number of carbonyl (C=O) groups excluding carboxylic acids is 1. The summed E-state index contributed by atoms with van der Waals surface area (Å²) in [5.74, 6) is 0.527. The van der Waals surface area contributed by atoms with Crippen molar-refractivity contribution < 1.29 is 4.79 Å². The first-order chi connectivity index (χ1) is 12.7. The third kappa shape index (κ3) is 3.65. The molecule has 0 radical (unpaired) electrons. The van der Waals surface area contributed by atoms with E-state index < -0.39 is 6.04 Å². The highest BCUT2D eigenvalue weighted by Gasteiger charge is 2.25. The van der Waals surface area contributed by atoms with Crippen LogP contribution in [-0.2, 0) is 24.1 Å². The number of benzene rings is 1. The number of hydrogen-bond donors (Lipinski definition) is 1. The van der Waals surface area contributed by atoms with E-state index in [9.17, 15) is 4.79 Å². The van der Waals surface area contributed by atoms with Crippen molar-refractivity contribution in [3.05, 3.63) is 52.8 Å². The van der Waals surface area contributed by atoms with Crippen molar-refractivity contribution >= 4 is 22.4 Å². The summed E-state index contributed by atoms with van der Waals surface area (Å²) in [7, 11) is 0. The Kier molecular flexibility index (Phi) is 4.75. The van der Waals surface area contributed by atoms with Gasteiger partial charge in [0.1, 0.15) is 12.4 Å². The first-order valence-corrected chi connectivity index (χ1v) is 9.56. The Bertz CT molecular complexity index is 876. The van der Waals surface area contributed by atoms with Crippen LogP contribution >= 0.6 is 11.3 Å². The Hall–Kier alpha value is -2.61. The van der Waals surface area contributed by atoms with E-state index in [2.05, 4.69) is 32.7 Å². The van der Waals surface area contributed by atoms with Crippen LogP contribution in [0.2, 0.25) is 0 Å². The molecule has 8 heteroatoms. The number of aryl methyl sites for hydroxylation is 1. The fourth-order valence-electron chi connectivity index (χ4n) is 3.24. The van der Waals surface area contributed by atoms with Gasteiger partial charge < -0.3 is 5.32 Å². The van der Waals surface area contributed by atoms with Crippen molar-refractivity contribution in [3.63, 3.8) is 0 Å².